The normalized spacial score (nSPS) is 30.4. The van der Waals surface area contributed by atoms with E-state index in [9.17, 15) is 4.79 Å². The zero-order chi connectivity index (χ0) is 12.5. The van der Waals surface area contributed by atoms with E-state index in [0.717, 1.165) is 18.5 Å². The summed E-state index contributed by atoms with van der Waals surface area (Å²) in [6, 6.07) is 0. The Hall–Kier alpha value is -1.40. The van der Waals surface area contributed by atoms with Gasteiger partial charge in [0.1, 0.15) is 0 Å². The Labute approximate surface area is 105 Å². The van der Waals surface area contributed by atoms with Crippen molar-refractivity contribution in [1.82, 2.24) is 15.1 Å². The minimum Gasteiger partial charge on any atom is -0.466 e. The van der Waals surface area contributed by atoms with Crippen LogP contribution in [-0.2, 0) is 14.3 Å². The molecular formula is C12H17N3O3. The predicted octanol–water partition coefficient (Wildman–Crippen LogP) is 0.626. The molecule has 1 aliphatic carbocycles. The molecule has 1 aromatic rings. The summed E-state index contributed by atoms with van der Waals surface area (Å²) in [4.78, 5) is 11.6. The number of hydrogen-bond donors (Lipinski definition) is 1. The van der Waals surface area contributed by atoms with Gasteiger partial charge in [-0.05, 0) is 18.9 Å². The number of carbonyl (C=O) groups excluding carboxylic acids is 1. The molecular weight excluding hydrogens is 234 g/mol. The van der Waals surface area contributed by atoms with E-state index in [2.05, 4.69) is 10.4 Å². The SMILES string of the molecule is CCOC(=O)[C@@H]1CC1c1cnn(C2NCCO2)c1. The first-order valence-electron chi connectivity index (χ1n) is 6.35. The molecule has 0 aromatic carbocycles. The fourth-order valence-electron chi connectivity index (χ4n) is 2.33. The molecule has 1 saturated carbocycles. The lowest BCUT2D eigenvalue weighted by molar-refractivity contribution is -0.144. The smallest absolute Gasteiger partial charge is 0.309 e. The lowest BCUT2D eigenvalue weighted by Gasteiger charge is -2.09. The molecule has 1 aliphatic heterocycles. The summed E-state index contributed by atoms with van der Waals surface area (Å²) in [6.07, 6.45) is 4.46. The van der Waals surface area contributed by atoms with Gasteiger partial charge in [-0.3, -0.25) is 10.1 Å². The zero-order valence-corrected chi connectivity index (χ0v) is 10.3. The summed E-state index contributed by atoms with van der Waals surface area (Å²) in [7, 11) is 0. The van der Waals surface area contributed by atoms with Gasteiger partial charge in [-0.2, -0.15) is 5.10 Å². The summed E-state index contributed by atoms with van der Waals surface area (Å²) >= 11 is 0. The Kier molecular flexibility index (Phi) is 3.05. The molecule has 2 aliphatic rings. The molecule has 1 N–H and O–H groups in total. The molecule has 2 fully saturated rings. The van der Waals surface area contributed by atoms with Gasteiger partial charge in [-0.1, -0.05) is 0 Å². The number of rotatable bonds is 4. The predicted molar refractivity (Wildman–Crippen MR) is 62.7 cm³/mol. The van der Waals surface area contributed by atoms with E-state index in [1.54, 1.807) is 4.68 Å². The summed E-state index contributed by atoms with van der Waals surface area (Å²) < 4.78 is 12.3. The molecule has 2 heterocycles. The summed E-state index contributed by atoms with van der Waals surface area (Å²) in [5.41, 5.74) is 1.09. The fourth-order valence-corrected chi connectivity index (χ4v) is 2.33. The molecule has 18 heavy (non-hydrogen) atoms. The van der Waals surface area contributed by atoms with Gasteiger partial charge in [-0.15, -0.1) is 0 Å². The molecule has 2 unspecified atom stereocenters. The van der Waals surface area contributed by atoms with Gasteiger partial charge in [0.25, 0.3) is 0 Å². The van der Waals surface area contributed by atoms with Crippen LogP contribution < -0.4 is 5.32 Å². The number of hydrogen-bond acceptors (Lipinski definition) is 5. The van der Waals surface area contributed by atoms with E-state index in [1.165, 1.54) is 0 Å². The van der Waals surface area contributed by atoms with E-state index in [-0.39, 0.29) is 24.2 Å². The summed E-state index contributed by atoms with van der Waals surface area (Å²) in [5, 5.41) is 7.46. The highest BCUT2D eigenvalue weighted by Crippen LogP contribution is 2.48. The highest BCUT2D eigenvalue weighted by atomic mass is 16.5. The van der Waals surface area contributed by atoms with Crippen molar-refractivity contribution in [1.29, 1.82) is 0 Å². The molecule has 6 heteroatoms. The van der Waals surface area contributed by atoms with Crippen LogP contribution in [0.25, 0.3) is 0 Å². The van der Waals surface area contributed by atoms with Crippen molar-refractivity contribution in [2.24, 2.45) is 5.92 Å². The molecule has 1 aromatic heterocycles. The molecule has 98 valence electrons. The lowest BCUT2D eigenvalue weighted by atomic mass is 10.2. The van der Waals surface area contributed by atoms with Gasteiger partial charge in [0.2, 0.25) is 6.35 Å². The second kappa shape index (κ2) is 4.70. The van der Waals surface area contributed by atoms with E-state index in [4.69, 9.17) is 9.47 Å². The third kappa shape index (κ3) is 2.13. The average Bonchev–Trinajstić information content (AvgIpc) is 2.82. The van der Waals surface area contributed by atoms with Gasteiger partial charge >= 0.3 is 5.97 Å². The molecule has 0 radical (unpaired) electrons. The Morgan fingerprint density at radius 3 is 3.33 bits per heavy atom. The number of ether oxygens (including phenoxy) is 2. The first-order chi connectivity index (χ1) is 8.79. The minimum absolute atomic E-state index is 0.0139. The van der Waals surface area contributed by atoms with Crippen molar-refractivity contribution in [3.63, 3.8) is 0 Å². The molecule has 1 saturated heterocycles. The Morgan fingerprint density at radius 1 is 1.72 bits per heavy atom. The van der Waals surface area contributed by atoms with Gasteiger partial charge in [0.15, 0.2) is 0 Å². The van der Waals surface area contributed by atoms with Crippen molar-refractivity contribution in [2.75, 3.05) is 19.8 Å². The maximum Gasteiger partial charge on any atom is 0.309 e. The lowest BCUT2D eigenvalue weighted by Crippen LogP contribution is -2.21. The highest BCUT2D eigenvalue weighted by Gasteiger charge is 2.45. The van der Waals surface area contributed by atoms with Crippen LogP contribution in [0.1, 0.15) is 31.2 Å². The molecule has 6 nitrogen and oxygen atoms in total. The van der Waals surface area contributed by atoms with E-state index < -0.39 is 0 Å². The topological polar surface area (TPSA) is 65.4 Å². The van der Waals surface area contributed by atoms with Crippen LogP contribution in [0, 0.1) is 5.92 Å². The van der Waals surface area contributed by atoms with E-state index in [0.29, 0.717) is 13.2 Å². The number of carbonyl (C=O) groups is 1. The molecule has 0 bridgehead atoms. The van der Waals surface area contributed by atoms with Crippen LogP contribution in [0.4, 0.5) is 0 Å². The fraction of sp³-hybridized carbons (Fsp3) is 0.667. The monoisotopic (exact) mass is 251 g/mol. The first kappa shape index (κ1) is 11.7. The summed E-state index contributed by atoms with van der Waals surface area (Å²) in [5.74, 6) is 0.185. The van der Waals surface area contributed by atoms with Crippen molar-refractivity contribution in [2.45, 2.75) is 25.6 Å². The van der Waals surface area contributed by atoms with Crippen molar-refractivity contribution < 1.29 is 14.3 Å². The third-order valence-corrected chi connectivity index (χ3v) is 3.37. The van der Waals surface area contributed by atoms with E-state index in [1.807, 2.05) is 19.3 Å². The summed E-state index contributed by atoms with van der Waals surface area (Å²) in [6.45, 7) is 3.82. The maximum absolute atomic E-state index is 11.6. The van der Waals surface area contributed by atoms with Crippen molar-refractivity contribution >= 4 is 5.97 Å². The number of nitrogens with zero attached hydrogens (tertiary/aromatic N) is 2. The Bertz CT molecular complexity index is 440. The van der Waals surface area contributed by atoms with Crippen molar-refractivity contribution in [3.8, 4) is 0 Å². The number of nitrogens with one attached hydrogen (secondary N) is 1. The molecule has 0 spiro atoms. The standard InChI is InChI=1S/C12H17N3O3/c1-2-17-11(16)10-5-9(10)8-6-14-15(7-8)12-13-3-4-18-12/h6-7,9-10,12-13H,2-5H2,1H3/t9?,10-,12?/m1/s1. The minimum atomic E-state index is -0.168. The van der Waals surface area contributed by atoms with Crippen LogP contribution in [0.2, 0.25) is 0 Å². The van der Waals surface area contributed by atoms with Crippen molar-refractivity contribution in [3.05, 3.63) is 18.0 Å². The zero-order valence-electron chi connectivity index (χ0n) is 10.3. The van der Waals surface area contributed by atoms with Gasteiger partial charge in [0, 0.05) is 18.7 Å². The number of aromatic nitrogens is 2. The van der Waals surface area contributed by atoms with Crippen LogP contribution in [0.5, 0.6) is 0 Å². The maximum atomic E-state index is 11.6. The Morgan fingerprint density at radius 2 is 2.61 bits per heavy atom. The molecule has 3 rings (SSSR count). The Balaban J connectivity index is 1.63. The van der Waals surface area contributed by atoms with Crippen LogP contribution >= 0.6 is 0 Å². The number of esters is 1. The average molecular weight is 251 g/mol. The van der Waals surface area contributed by atoms with Crippen LogP contribution in [0.3, 0.4) is 0 Å². The molecule has 0 amide bonds. The largest absolute Gasteiger partial charge is 0.466 e. The molecule has 3 atom stereocenters. The second-order valence-corrected chi connectivity index (χ2v) is 4.63. The second-order valence-electron chi connectivity index (χ2n) is 4.63. The first-order valence-corrected chi connectivity index (χ1v) is 6.35. The van der Waals surface area contributed by atoms with Gasteiger partial charge in [-0.25, -0.2) is 4.68 Å². The van der Waals surface area contributed by atoms with E-state index >= 15 is 0 Å². The quantitative estimate of drug-likeness (QED) is 0.795. The third-order valence-electron chi connectivity index (χ3n) is 3.37. The highest BCUT2D eigenvalue weighted by molar-refractivity contribution is 5.77. The van der Waals surface area contributed by atoms with Gasteiger partial charge in [0.05, 0.1) is 25.3 Å². The van der Waals surface area contributed by atoms with Gasteiger partial charge < -0.3 is 9.47 Å². The van der Waals surface area contributed by atoms with Crippen LogP contribution in [-0.4, -0.2) is 35.5 Å². The van der Waals surface area contributed by atoms with Crippen LogP contribution in [0.15, 0.2) is 12.4 Å².